The van der Waals surface area contributed by atoms with E-state index >= 15 is 0 Å². The Kier molecular flexibility index (Phi) is 4.95. The van der Waals surface area contributed by atoms with Crippen LogP contribution in [0, 0.1) is 5.92 Å². The van der Waals surface area contributed by atoms with Gasteiger partial charge in [0, 0.05) is 22.4 Å². The standard InChI is InChI=1S/C12H11BrN4OS.C2H6/c1-5-2-9(18)16-17-10(5)6-3-7(13)11-8(4-6)19-12(14)15-11;1-2/h3-5H,2H2,1H3,(H2,14,15)(H,16,18);1-2H3. The van der Waals surface area contributed by atoms with Crippen molar-refractivity contribution < 1.29 is 4.79 Å². The van der Waals surface area contributed by atoms with Crippen LogP contribution in [0.25, 0.3) is 10.2 Å². The largest absolute Gasteiger partial charge is 0.375 e. The highest BCUT2D eigenvalue weighted by Gasteiger charge is 2.22. The van der Waals surface area contributed by atoms with E-state index in [-0.39, 0.29) is 11.8 Å². The van der Waals surface area contributed by atoms with Crippen LogP contribution in [-0.4, -0.2) is 16.6 Å². The fraction of sp³-hybridized carbons (Fsp3) is 0.357. The number of amides is 1. The quantitative estimate of drug-likeness (QED) is 0.807. The summed E-state index contributed by atoms with van der Waals surface area (Å²) < 4.78 is 1.90. The zero-order valence-electron chi connectivity index (χ0n) is 12.1. The minimum absolute atomic E-state index is 0.0431. The van der Waals surface area contributed by atoms with Crippen LogP contribution in [-0.2, 0) is 4.79 Å². The first kappa shape index (κ1) is 15.9. The van der Waals surface area contributed by atoms with E-state index in [1.54, 1.807) is 0 Å². The minimum Gasteiger partial charge on any atom is -0.375 e. The molecular formula is C14H17BrN4OS. The van der Waals surface area contributed by atoms with Crippen LogP contribution in [0.4, 0.5) is 5.13 Å². The second-order valence-electron chi connectivity index (χ2n) is 4.49. The third-order valence-electron chi connectivity index (χ3n) is 3.02. The van der Waals surface area contributed by atoms with Crippen LogP contribution >= 0.6 is 27.3 Å². The summed E-state index contributed by atoms with van der Waals surface area (Å²) in [5.74, 6) is 0.0572. The van der Waals surface area contributed by atoms with E-state index in [1.807, 2.05) is 32.9 Å². The molecule has 0 radical (unpaired) electrons. The first-order chi connectivity index (χ1) is 10.0. The van der Waals surface area contributed by atoms with Crippen molar-refractivity contribution in [1.82, 2.24) is 10.4 Å². The molecule has 1 amide bonds. The van der Waals surface area contributed by atoms with Crippen molar-refractivity contribution >= 4 is 54.2 Å². The van der Waals surface area contributed by atoms with Crippen molar-refractivity contribution in [2.75, 3.05) is 5.73 Å². The Hall–Kier alpha value is -1.47. The summed E-state index contributed by atoms with van der Waals surface area (Å²) in [5, 5.41) is 4.71. The maximum absolute atomic E-state index is 11.3. The molecule has 2 heterocycles. The average molecular weight is 369 g/mol. The van der Waals surface area contributed by atoms with Crippen molar-refractivity contribution in [3.63, 3.8) is 0 Å². The molecule has 1 aliphatic rings. The van der Waals surface area contributed by atoms with Gasteiger partial charge >= 0.3 is 0 Å². The number of fused-ring (bicyclic) bond motifs is 1. The molecule has 0 saturated heterocycles. The summed E-state index contributed by atoms with van der Waals surface area (Å²) in [6.07, 6.45) is 0.458. The molecule has 0 saturated carbocycles. The second kappa shape index (κ2) is 6.53. The van der Waals surface area contributed by atoms with Gasteiger partial charge in [0.15, 0.2) is 5.13 Å². The molecule has 1 aromatic heterocycles. The van der Waals surface area contributed by atoms with Gasteiger partial charge < -0.3 is 5.73 Å². The summed E-state index contributed by atoms with van der Waals surface area (Å²) >= 11 is 4.95. The molecule has 0 bridgehead atoms. The third kappa shape index (κ3) is 3.24. The summed E-state index contributed by atoms with van der Waals surface area (Å²) in [4.78, 5) is 15.6. The molecule has 1 atom stereocenters. The highest BCUT2D eigenvalue weighted by Crippen LogP contribution is 2.32. The number of halogens is 1. The Bertz CT molecular complexity index is 710. The lowest BCUT2D eigenvalue weighted by Gasteiger charge is -2.19. The van der Waals surface area contributed by atoms with Gasteiger partial charge in [-0.25, -0.2) is 10.4 Å². The molecule has 2 aromatic rings. The maximum Gasteiger partial charge on any atom is 0.240 e. The molecule has 0 fully saturated rings. The van der Waals surface area contributed by atoms with E-state index in [9.17, 15) is 4.79 Å². The molecule has 5 nitrogen and oxygen atoms in total. The topological polar surface area (TPSA) is 80.4 Å². The van der Waals surface area contributed by atoms with Crippen LogP contribution in [0.3, 0.4) is 0 Å². The van der Waals surface area contributed by atoms with Crippen molar-refractivity contribution in [3.8, 4) is 0 Å². The number of anilines is 1. The SMILES string of the molecule is CC.CC1CC(=O)NN=C1c1cc(Br)c2nc(N)sc2c1. The molecule has 3 rings (SSSR count). The Morgan fingerprint density at radius 2 is 2.14 bits per heavy atom. The van der Waals surface area contributed by atoms with Gasteiger partial charge in [0.05, 0.1) is 15.9 Å². The number of aromatic nitrogens is 1. The lowest BCUT2D eigenvalue weighted by atomic mass is 9.94. The Balaban J connectivity index is 0.000000774. The van der Waals surface area contributed by atoms with Gasteiger partial charge in [0.1, 0.15) is 0 Å². The Morgan fingerprint density at radius 1 is 1.43 bits per heavy atom. The number of hydrazone groups is 1. The lowest BCUT2D eigenvalue weighted by molar-refractivity contribution is -0.121. The smallest absolute Gasteiger partial charge is 0.240 e. The number of hydrogen-bond acceptors (Lipinski definition) is 5. The third-order valence-corrected chi connectivity index (χ3v) is 4.46. The molecule has 1 unspecified atom stereocenters. The number of thiazole rings is 1. The van der Waals surface area contributed by atoms with Crippen molar-refractivity contribution in [2.45, 2.75) is 27.2 Å². The molecule has 1 aliphatic heterocycles. The summed E-state index contributed by atoms with van der Waals surface area (Å²) in [6, 6.07) is 3.98. The lowest BCUT2D eigenvalue weighted by Crippen LogP contribution is -2.31. The van der Waals surface area contributed by atoms with Gasteiger partial charge in [0.2, 0.25) is 5.91 Å². The summed E-state index contributed by atoms with van der Waals surface area (Å²) in [6.45, 7) is 6.00. The number of rotatable bonds is 1. The van der Waals surface area contributed by atoms with Gasteiger partial charge in [-0.1, -0.05) is 32.1 Å². The van der Waals surface area contributed by atoms with Gasteiger partial charge in [-0.05, 0) is 28.1 Å². The number of carbonyl (C=O) groups is 1. The second-order valence-corrected chi connectivity index (χ2v) is 6.41. The van der Waals surface area contributed by atoms with E-state index in [0.29, 0.717) is 11.6 Å². The number of carbonyl (C=O) groups excluding carboxylic acids is 1. The van der Waals surface area contributed by atoms with Gasteiger partial charge in [-0.15, -0.1) is 0 Å². The monoisotopic (exact) mass is 368 g/mol. The summed E-state index contributed by atoms with van der Waals surface area (Å²) in [7, 11) is 0. The fourth-order valence-corrected chi connectivity index (χ4v) is 3.64. The Labute approximate surface area is 135 Å². The van der Waals surface area contributed by atoms with Crippen LogP contribution < -0.4 is 11.2 Å². The maximum atomic E-state index is 11.3. The van der Waals surface area contributed by atoms with Crippen molar-refractivity contribution in [3.05, 3.63) is 22.2 Å². The number of nitrogen functional groups attached to an aromatic ring is 1. The van der Waals surface area contributed by atoms with Crippen molar-refractivity contribution in [1.29, 1.82) is 0 Å². The number of hydrogen-bond donors (Lipinski definition) is 2. The predicted molar refractivity (Wildman–Crippen MR) is 91.5 cm³/mol. The number of nitrogens with two attached hydrogens (primary N) is 1. The number of nitrogens with one attached hydrogen (secondary N) is 1. The van der Waals surface area contributed by atoms with E-state index in [0.717, 1.165) is 26.0 Å². The highest BCUT2D eigenvalue weighted by molar-refractivity contribution is 9.10. The molecule has 1 aromatic carbocycles. The molecule has 0 spiro atoms. The van der Waals surface area contributed by atoms with Gasteiger partial charge in [-0.2, -0.15) is 5.10 Å². The molecule has 3 N–H and O–H groups in total. The van der Waals surface area contributed by atoms with Crippen LogP contribution in [0.1, 0.15) is 32.8 Å². The highest BCUT2D eigenvalue weighted by atomic mass is 79.9. The van der Waals surface area contributed by atoms with Crippen LogP contribution in [0.5, 0.6) is 0 Å². The van der Waals surface area contributed by atoms with E-state index in [1.165, 1.54) is 11.3 Å². The van der Waals surface area contributed by atoms with Gasteiger partial charge in [0.25, 0.3) is 0 Å². The zero-order chi connectivity index (χ0) is 15.6. The number of benzene rings is 1. The summed E-state index contributed by atoms with van der Waals surface area (Å²) in [5.41, 5.74) is 11.0. The fourth-order valence-electron chi connectivity index (χ4n) is 2.16. The van der Waals surface area contributed by atoms with Crippen LogP contribution in [0.15, 0.2) is 21.7 Å². The molecule has 112 valence electrons. The Morgan fingerprint density at radius 3 is 2.81 bits per heavy atom. The number of nitrogens with zero attached hydrogens (tertiary/aromatic N) is 2. The first-order valence-electron chi connectivity index (χ1n) is 6.77. The van der Waals surface area contributed by atoms with E-state index in [4.69, 9.17) is 5.73 Å². The first-order valence-corrected chi connectivity index (χ1v) is 8.38. The normalized spacial score (nSPS) is 17.8. The van der Waals surface area contributed by atoms with Crippen molar-refractivity contribution in [2.24, 2.45) is 11.0 Å². The van der Waals surface area contributed by atoms with Gasteiger partial charge in [-0.3, -0.25) is 4.79 Å². The van der Waals surface area contributed by atoms with E-state index in [2.05, 4.69) is 31.4 Å². The molecule has 21 heavy (non-hydrogen) atoms. The molecule has 0 aliphatic carbocycles. The average Bonchev–Trinajstić information content (AvgIpc) is 2.82. The van der Waals surface area contributed by atoms with Crippen LogP contribution in [0.2, 0.25) is 0 Å². The molecular weight excluding hydrogens is 352 g/mol. The van der Waals surface area contributed by atoms with E-state index < -0.39 is 0 Å². The zero-order valence-corrected chi connectivity index (χ0v) is 14.5. The predicted octanol–water partition coefficient (Wildman–Crippen LogP) is 3.53. The minimum atomic E-state index is -0.0431. The molecule has 7 heteroatoms.